The molecule has 0 aromatic heterocycles. The van der Waals surface area contributed by atoms with Gasteiger partial charge in [-0.1, -0.05) is 30.3 Å². The number of hydrogen-bond donors (Lipinski definition) is 1. The monoisotopic (exact) mass is 444 g/mol. The van der Waals surface area contributed by atoms with Gasteiger partial charge in [0.2, 0.25) is 0 Å². The Kier molecular flexibility index (Phi) is 6.55. The molecule has 2 amide bonds. The van der Waals surface area contributed by atoms with Crippen molar-refractivity contribution in [2.75, 3.05) is 13.7 Å². The summed E-state index contributed by atoms with van der Waals surface area (Å²) in [5, 5.41) is 19.5. The van der Waals surface area contributed by atoms with Crippen LogP contribution in [-0.4, -0.2) is 45.8 Å². The Balaban J connectivity index is 1.91. The maximum absolute atomic E-state index is 12.8. The number of nitro groups is 1. The molecule has 11 heteroatoms. The van der Waals surface area contributed by atoms with Crippen LogP contribution in [0.5, 0.6) is 11.5 Å². The second kappa shape index (κ2) is 9.30. The molecule has 0 spiro atoms. The highest BCUT2D eigenvalue weighted by molar-refractivity contribution is 8.18. The van der Waals surface area contributed by atoms with Crippen molar-refractivity contribution >= 4 is 40.6 Å². The average Bonchev–Trinajstić information content (AvgIpc) is 3.00. The van der Waals surface area contributed by atoms with Crippen LogP contribution in [0.1, 0.15) is 11.1 Å². The summed E-state index contributed by atoms with van der Waals surface area (Å²) in [7, 11) is 1.38. The van der Waals surface area contributed by atoms with Gasteiger partial charge in [0.05, 0.1) is 23.5 Å². The zero-order chi connectivity index (χ0) is 22.5. The van der Waals surface area contributed by atoms with Crippen molar-refractivity contribution in [1.29, 1.82) is 0 Å². The Morgan fingerprint density at radius 2 is 1.97 bits per heavy atom. The van der Waals surface area contributed by atoms with Crippen molar-refractivity contribution < 1.29 is 33.9 Å². The molecule has 0 bridgehead atoms. The van der Waals surface area contributed by atoms with Crippen molar-refractivity contribution in [3.63, 3.8) is 0 Å². The van der Waals surface area contributed by atoms with Crippen LogP contribution in [0.25, 0.3) is 6.08 Å². The average molecular weight is 444 g/mol. The van der Waals surface area contributed by atoms with E-state index < -0.39 is 28.6 Å². The topological polar surface area (TPSA) is 136 Å². The van der Waals surface area contributed by atoms with Gasteiger partial charge in [-0.2, -0.15) is 0 Å². The number of para-hydroxylation sites is 2. The summed E-state index contributed by atoms with van der Waals surface area (Å²) in [6, 6.07) is 10.6. The smallest absolute Gasteiger partial charge is 0.341 e. The third-order valence-corrected chi connectivity index (χ3v) is 5.15. The minimum Gasteiger partial charge on any atom is -0.493 e. The van der Waals surface area contributed by atoms with Crippen molar-refractivity contribution in [1.82, 2.24) is 4.90 Å². The number of imide groups is 1. The van der Waals surface area contributed by atoms with E-state index in [0.717, 1.165) is 4.90 Å². The highest BCUT2D eigenvalue weighted by Crippen LogP contribution is 2.38. The third-order valence-electron chi connectivity index (χ3n) is 4.25. The fourth-order valence-corrected chi connectivity index (χ4v) is 3.70. The standard InChI is InChI=1S/C20H16N2O8S/c1-29-15-8-4-6-12(18(15)30-11-17(23)24)9-16-19(25)21(20(26)31-16)10-13-5-2-3-7-14(13)22(27)28/h2-9H,10-11H2,1H3,(H,23,24)/b16-9+. The molecule has 160 valence electrons. The van der Waals surface area contributed by atoms with E-state index in [1.807, 2.05) is 0 Å². The minimum atomic E-state index is -1.19. The van der Waals surface area contributed by atoms with Crippen molar-refractivity contribution in [2.45, 2.75) is 6.54 Å². The van der Waals surface area contributed by atoms with Gasteiger partial charge in [0.1, 0.15) is 0 Å². The first kappa shape index (κ1) is 21.8. The molecular formula is C20H16N2O8S. The molecule has 1 aliphatic rings. The van der Waals surface area contributed by atoms with Gasteiger partial charge in [-0.25, -0.2) is 4.79 Å². The Labute approximate surface area is 180 Å². The second-order valence-corrected chi connectivity index (χ2v) is 7.21. The van der Waals surface area contributed by atoms with Gasteiger partial charge in [-0.3, -0.25) is 24.6 Å². The van der Waals surface area contributed by atoms with Crippen LogP contribution in [-0.2, 0) is 16.1 Å². The molecule has 1 heterocycles. The number of hydrogen-bond acceptors (Lipinski definition) is 8. The number of aliphatic carboxylic acids is 1. The van der Waals surface area contributed by atoms with Gasteiger partial charge in [-0.15, -0.1) is 0 Å². The number of amides is 2. The Morgan fingerprint density at radius 1 is 1.23 bits per heavy atom. The molecule has 0 saturated carbocycles. The number of benzene rings is 2. The summed E-state index contributed by atoms with van der Waals surface area (Å²) in [5.41, 5.74) is 0.377. The van der Waals surface area contributed by atoms with Crippen molar-refractivity contribution in [2.24, 2.45) is 0 Å². The molecule has 1 N–H and O–H groups in total. The molecule has 10 nitrogen and oxygen atoms in total. The number of carboxylic acids is 1. The van der Waals surface area contributed by atoms with E-state index in [4.69, 9.17) is 14.6 Å². The minimum absolute atomic E-state index is 0.0667. The first-order valence-electron chi connectivity index (χ1n) is 8.81. The molecule has 2 aromatic rings. The molecule has 1 saturated heterocycles. The number of carbonyl (C=O) groups is 3. The number of carboxylic acid groups (broad SMARTS) is 1. The summed E-state index contributed by atoms with van der Waals surface area (Å²) in [6.45, 7) is -0.875. The summed E-state index contributed by atoms with van der Waals surface area (Å²) in [4.78, 5) is 47.7. The van der Waals surface area contributed by atoms with E-state index in [9.17, 15) is 24.5 Å². The number of ether oxygens (including phenoxy) is 2. The predicted octanol–water partition coefficient (Wildman–Crippen LogP) is 3.30. The maximum Gasteiger partial charge on any atom is 0.341 e. The van der Waals surface area contributed by atoms with Crippen molar-refractivity contribution in [3.05, 3.63) is 68.6 Å². The third kappa shape index (κ3) is 4.83. The fraction of sp³-hybridized carbons (Fsp3) is 0.150. The van der Waals surface area contributed by atoms with E-state index >= 15 is 0 Å². The highest BCUT2D eigenvalue weighted by Gasteiger charge is 2.36. The van der Waals surface area contributed by atoms with E-state index in [1.165, 1.54) is 31.4 Å². The largest absolute Gasteiger partial charge is 0.493 e. The Hall–Kier alpha value is -3.86. The number of methoxy groups -OCH3 is 1. The van der Waals surface area contributed by atoms with E-state index in [0.29, 0.717) is 17.3 Å². The lowest BCUT2D eigenvalue weighted by atomic mass is 10.1. The van der Waals surface area contributed by atoms with Gasteiger partial charge in [0.25, 0.3) is 16.8 Å². The molecular weight excluding hydrogens is 428 g/mol. The van der Waals surface area contributed by atoms with Gasteiger partial charge in [0, 0.05) is 17.2 Å². The molecule has 3 rings (SSSR count). The molecule has 0 radical (unpaired) electrons. The van der Waals surface area contributed by atoms with Gasteiger partial charge in [0.15, 0.2) is 18.1 Å². The SMILES string of the molecule is COc1cccc(/C=C2/SC(=O)N(Cc3ccccc3[N+](=O)[O-])C2=O)c1OCC(=O)O. The van der Waals surface area contributed by atoms with Crippen LogP contribution in [0, 0.1) is 10.1 Å². The Bertz CT molecular complexity index is 1100. The number of thioether (sulfide) groups is 1. The quantitative estimate of drug-likeness (QED) is 0.369. The van der Waals surface area contributed by atoms with Gasteiger partial charge >= 0.3 is 5.97 Å². The number of rotatable bonds is 8. The van der Waals surface area contributed by atoms with E-state index in [-0.39, 0.29) is 34.2 Å². The molecule has 1 fully saturated rings. The highest BCUT2D eigenvalue weighted by atomic mass is 32.2. The van der Waals surface area contributed by atoms with E-state index in [1.54, 1.807) is 24.3 Å². The molecule has 0 aliphatic carbocycles. The maximum atomic E-state index is 12.8. The lowest BCUT2D eigenvalue weighted by Gasteiger charge is -2.13. The first-order valence-corrected chi connectivity index (χ1v) is 9.62. The fourth-order valence-electron chi connectivity index (χ4n) is 2.87. The molecule has 2 aromatic carbocycles. The van der Waals surface area contributed by atoms with Crippen LogP contribution in [0.4, 0.5) is 10.5 Å². The molecule has 0 unspecified atom stereocenters. The lowest BCUT2D eigenvalue weighted by Crippen LogP contribution is -2.27. The number of carbonyl (C=O) groups excluding carboxylic acids is 2. The van der Waals surface area contributed by atoms with Crippen LogP contribution >= 0.6 is 11.8 Å². The van der Waals surface area contributed by atoms with Crippen molar-refractivity contribution in [3.8, 4) is 11.5 Å². The number of nitrogens with zero attached hydrogens (tertiary/aromatic N) is 2. The van der Waals surface area contributed by atoms with Crippen LogP contribution in [0.2, 0.25) is 0 Å². The van der Waals surface area contributed by atoms with Crippen LogP contribution < -0.4 is 9.47 Å². The summed E-state index contributed by atoms with van der Waals surface area (Å²) < 4.78 is 10.5. The molecule has 0 atom stereocenters. The van der Waals surface area contributed by atoms with Gasteiger partial charge < -0.3 is 14.6 Å². The summed E-state index contributed by atoms with van der Waals surface area (Å²) in [6.07, 6.45) is 1.39. The summed E-state index contributed by atoms with van der Waals surface area (Å²) in [5.74, 6) is -1.45. The van der Waals surface area contributed by atoms with Crippen LogP contribution in [0.15, 0.2) is 47.4 Å². The number of nitro benzene ring substituents is 1. The van der Waals surface area contributed by atoms with E-state index in [2.05, 4.69) is 0 Å². The lowest BCUT2D eigenvalue weighted by molar-refractivity contribution is -0.385. The first-order chi connectivity index (χ1) is 14.8. The van der Waals surface area contributed by atoms with Crippen LogP contribution in [0.3, 0.4) is 0 Å². The second-order valence-electron chi connectivity index (χ2n) is 6.21. The predicted molar refractivity (Wildman–Crippen MR) is 111 cm³/mol. The zero-order valence-electron chi connectivity index (χ0n) is 16.1. The zero-order valence-corrected chi connectivity index (χ0v) is 17.0. The Morgan fingerprint density at radius 3 is 2.65 bits per heavy atom. The molecule has 1 aliphatic heterocycles. The normalized spacial score (nSPS) is 14.7. The summed E-state index contributed by atoms with van der Waals surface area (Å²) >= 11 is 0.673. The molecule has 31 heavy (non-hydrogen) atoms. The van der Waals surface area contributed by atoms with Gasteiger partial charge in [-0.05, 0) is 23.9 Å².